The van der Waals surface area contributed by atoms with Crippen LogP contribution in [0.5, 0.6) is 0 Å². The molecule has 0 saturated carbocycles. The summed E-state index contributed by atoms with van der Waals surface area (Å²) in [5.41, 5.74) is 6.55. The number of ketones is 1. The second-order valence-electron chi connectivity index (χ2n) is 7.47. The van der Waals surface area contributed by atoms with E-state index in [1.54, 1.807) is 6.20 Å². The number of urea groups is 1. The summed E-state index contributed by atoms with van der Waals surface area (Å²) in [5.74, 6) is -2.09. The first-order chi connectivity index (χ1) is 15.8. The van der Waals surface area contributed by atoms with Gasteiger partial charge in [-0.1, -0.05) is 6.07 Å². The number of halogens is 2. The molecule has 11 heteroatoms. The summed E-state index contributed by atoms with van der Waals surface area (Å²) >= 11 is 0. The van der Waals surface area contributed by atoms with Gasteiger partial charge in [0.1, 0.15) is 35.1 Å². The van der Waals surface area contributed by atoms with Gasteiger partial charge in [-0.25, -0.2) is 23.5 Å². The standard InChI is InChI=1S/C22H19F2N7O2/c1-11(2)31-9-14(17-20(25)27-10-28-21(17)31)19(32)12-6-13(8-26-7-12)29-22(33)30-18-15(23)4-3-5-16(18)24/h3-11H,1-2H3,(H2,25,27,28)(H2,29,30,33). The molecule has 0 unspecified atom stereocenters. The number of nitrogens with zero attached hydrogens (tertiary/aromatic N) is 4. The molecule has 0 atom stereocenters. The topological polar surface area (TPSA) is 128 Å². The zero-order valence-electron chi connectivity index (χ0n) is 17.6. The summed E-state index contributed by atoms with van der Waals surface area (Å²) in [6.45, 7) is 3.88. The van der Waals surface area contributed by atoms with Crippen LogP contribution in [0.25, 0.3) is 11.0 Å². The molecule has 0 spiro atoms. The highest BCUT2D eigenvalue weighted by Gasteiger charge is 2.22. The average molecular weight is 451 g/mol. The van der Waals surface area contributed by atoms with Crippen molar-refractivity contribution in [3.8, 4) is 0 Å². The first kappa shape index (κ1) is 21.8. The lowest BCUT2D eigenvalue weighted by Gasteiger charge is -2.10. The molecular weight excluding hydrogens is 432 g/mol. The summed E-state index contributed by atoms with van der Waals surface area (Å²) in [4.78, 5) is 37.7. The Morgan fingerprint density at radius 3 is 2.52 bits per heavy atom. The minimum Gasteiger partial charge on any atom is -0.383 e. The number of amides is 2. The molecule has 4 aromatic rings. The molecule has 3 heterocycles. The highest BCUT2D eigenvalue weighted by Crippen LogP contribution is 2.28. The van der Waals surface area contributed by atoms with Crippen molar-refractivity contribution in [2.45, 2.75) is 19.9 Å². The molecule has 0 aliphatic heterocycles. The molecule has 0 saturated heterocycles. The van der Waals surface area contributed by atoms with Gasteiger partial charge in [-0.3, -0.25) is 9.78 Å². The fourth-order valence-corrected chi connectivity index (χ4v) is 3.36. The van der Waals surface area contributed by atoms with Crippen molar-refractivity contribution in [2.75, 3.05) is 16.4 Å². The number of nitrogens with two attached hydrogens (primary N) is 1. The zero-order valence-corrected chi connectivity index (χ0v) is 17.6. The monoisotopic (exact) mass is 451 g/mol. The van der Waals surface area contributed by atoms with Gasteiger partial charge in [0, 0.05) is 24.0 Å². The molecule has 3 aromatic heterocycles. The average Bonchev–Trinajstić information content (AvgIpc) is 3.17. The Morgan fingerprint density at radius 2 is 1.82 bits per heavy atom. The number of carbonyl (C=O) groups excluding carboxylic acids is 2. The first-order valence-electron chi connectivity index (χ1n) is 9.89. The van der Waals surface area contributed by atoms with E-state index in [4.69, 9.17) is 5.73 Å². The fraction of sp³-hybridized carbons (Fsp3) is 0.136. The van der Waals surface area contributed by atoms with Gasteiger partial charge in [-0.2, -0.15) is 0 Å². The van der Waals surface area contributed by atoms with Gasteiger partial charge in [0.15, 0.2) is 5.78 Å². The Labute approximate surface area is 186 Å². The number of hydrogen-bond acceptors (Lipinski definition) is 6. The SMILES string of the molecule is CC(C)n1cc(C(=O)c2cncc(NC(=O)Nc3c(F)cccc3F)c2)c2c(N)ncnc21. The van der Waals surface area contributed by atoms with E-state index < -0.39 is 29.1 Å². The van der Waals surface area contributed by atoms with Crippen LogP contribution in [0.4, 0.5) is 30.8 Å². The van der Waals surface area contributed by atoms with Crippen molar-refractivity contribution >= 4 is 40.0 Å². The molecule has 9 nitrogen and oxygen atoms in total. The fourth-order valence-electron chi connectivity index (χ4n) is 3.36. The molecule has 0 fully saturated rings. The Balaban J connectivity index is 1.62. The van der Waals surface area contributed by atoms with E-state index in [1.807, 2.05) is 18.4 Å². The number of para-hydroxylation sites is 1. The molecule has 168 valence electrons. The zero-order chi connectivity index (χ0) is 23.7. The maximum atomic E-state index is 13.8. The second-order valence-corrected chi connectivity index (χ2v) is 7.47. The summed E-state index contributed by atoms with van der Waals surface area (Å²) in [7, 11) is 0. The number of nitrogen functional groups attached to an aromatic ring is 1. The van der Waals surface area contributed by atoms with E-state index >= 15 is 0 Å². The minimum absolute atomic E-state index is 0.0111. The van der Waals surface area contributed by atoms with Crippen LogP contribution >= 0.6 is 0 Å². The predicted octanol–water partition coefficient (Wildman–Crippen LogP) is 4.14. The van der Waals surface area contributed by atoms with Crippen molar-refractivity contribution in [1.29, 1.82) is 0 Å². The lowest BCUT2D eigenvalue weighted by molar-refractivity contribution is 0.103. The number of fused-ring (bicyclic) bond motifs is 1. The quantitative estimate of drug-likeness (QED) is 0.391. The maximum absolute atomic E-state index is 13.8. The van der Waals surface area contributed by atoms with Gasteiger partial charge in [0.2, 0.25) is 0 Å². The minimum atomic E-state index is -0.923. The lowest BCUT2D eigenvalue weighted by Crippen LogP contribution is -2.21. The highest BCUT2D eigenvalue weighted by molar-refractivity contribution is 6.18. The number of rotatable bonds is 5. The number of nitrogens with one attached hydrogen (secondary N) is 2. The Morgan fingerprint density at radius 1 is 1.09 bits per heavy atom. The Kier molecular flexibility index (Phi) is 5.69. The summed E-state index contributed by atoms with van der Waals surface area (Å²) in [6, 6.07) is 3.72. The van der Waals surface area contributed by atoms with Crippen LogP contribution in [0.1, 0.15) is 35.8 Å². The van der Waals surface area contributed by atoms with Crippen LogP contribution in [0.2, 0.25) is 0 Å². The van der Waals surface area contributed by atoms with E-state index in [-0.39, 0.29) is 28.7 Å². The molecule has 2 amide bonds. The normalized spacial score (nSPS) is 11.1. The van der Waals surface area contributed by atoms with Gasteiger partial charge < -0.3 is 20.9 Å². The summed E-state index contributed by atoms with van der Waals surface area (Å²) in [6.07, 6.45) is 5.60. The number of aromatic nitrogens is 4. The van der Waals surface area contributed by atoms with Crippen molar-refractivity contribution < 1.29 is 18.4 Å². The largest absolute Gasteiger partial charge is 0.383 e. The molecule has 0 radical (unpaired) electrons. The van der Waals surface area contributed by atoms with E-state index in [1.165, 1.54) is 30.9 Å². The molecule has 1 aromatic carbocycles. The summed E-state index contributed by atoms with van der Waals surface area (Å²) in [5, 5.41) is 4.94. The van der Waals surface area contributed by atoms with Crippen LogP contribution in [-0.4, -0.2) is 31.3 Å². The summed E-state index contributed by atoms with van der Waals surface area (Å²) < 4.78 is 29.3. The van der Waals surface area contributed by atoms with E-state index in [9.17, 15) is 18.4 Å². The lowest BCUT2D eigenvalue weighted by atomic mass is 10.1. The van der Waals surface area contributed by atoms with Gasteiger partial charge in [-0.15, -0.1) is 0 Å². The molecule has 4 N–H and O–H groups in total. The molecule has 0 aliphatic carbocycles. The van der Waals surface area contributed by atoms with E-state index in [0.29, 0.717) is 11.0 Å². The van der Waals surface area contributed by atoms with E-state index in [2.05, 4.69) is 25.6 Å². The number of hydrogen-bond donors (Lipinski definition) is 3. The van der Waals surface area contributed by atoms with Crippen LogP contribution in [0, 0.1) is 11.6 Å². The third kappa shape index (κ3) is 4.20. The van der Waals surface area contributed by atoms with Crippen LogP contribution in [-0.2, 0) is 0 Å². The van der Waals surface area contributed by atoms with Crippen molar-refractivity contribution in [3.63, 3.8) is 0 Å². The first-order valence-corrected chi connectivity index (χ1v) is 9.89. The molecule has 33 heavy (non-hydrogen) atoms. The van der Waals surface area contributed by atoms with Gasteiger partial charge in [0.05, 0.1) is 22.8 Å². The smallest absolute Gasteiger partial charge is 0.323 e. The van der Waals surface area contributed by atoms with Gasteiger partial charge >= 0.3 is 6.03 Å². The third-order valence-electron chi connectivity index (χ3n) is 4.90. The Hall–Kier alpha value is -4.41. The maximum Gasteiger partial charge on any atom is 0.323 e. The number of anilines is 3. The number of carbonyl (C=O) groups is 2. The molecule has 0 bridgehead atoms. The molecule has 4 rings (SSSR count). The van der Waals surface area contributed by atoms with Gasteiger partial charge in [-0.05, 0) is 32.0 Å². The van der Waals surface area contributed by atoms with Crippen LogP contribution < -0.4 is 16.4 Å². The van der Waals surface area contributed by atoms with E-state index in [0.717, 1.165) is 12.1 Å². The van der Waals surface area contributed by atoms with Crippen molar-refractivity contribution in [1.82, 2.24) is 19.5 Å². The highest BCUT2D eigenvalue weighted by atomic mass is 19.1. The van der Waals surface area contributed by atoms with Crippen molar-refractivity contribution in [3.05, 3.63) is 71.9 Å². The number of pyridine rings is 1. The van der Waals surface area contributed by atoms with Gasteiger partial charge in [0.25, 0.3) is 0 Å². The van der Waals surface area contributed by atoms with Crippen LogP contribution in [0.3, 0.4) is 0 Å². The molecular formula is C22H19F2N7O2. The second kappa shape index (κ2) is 8.61. The van der Waals surface area contributed by atoms with Crippen LogP contribution in [0.15, 0.2) is 49.2 Å². The van der Waals surface area contributed by atoms with Crippen molar-refractivity contribution in [2.24, 2.45) is 0 Å². The third-order valence-corrected chi connectivity index (χ3v) is 4.90. The molecule has 0 aliphatic rings. The Bertz CT molecular complexity index is 1360. The number of benzene rings is 1. The predicted molar refractivity (Wildman–Crippen MR) is 119 cm³/mol.